The Bertz CT molecular complexity index is 1060. The number of ether oxygens (including phenoxy) is 4. The smallest absolute Gasteiger partial charge is 0.338 e. The second-order valence-electron chi connectivity index (χ2n) is 8.08. The van der Waals surface area contributed by atoms with Gasteiger partial charge in [0, 0.05) is 24.4 Å². The van der Waals surface area contributed by atoms with E-state index in [2.05, 4.69) is 10.3 Å². The van der Waals surface area contributed by atoms with Gasteiger partial charge in [-0.25, -0.2) is 9.79 Å². The van der Waals surface area contributed by atoms with Gasteiger partial charge in [0.15, 0.2) is 16.7 Å². The highest BCUT2D eigenvalue weighted by molar-refractivity contribution is 8.16. The number of allylic oxidation sites excluding steroid dienone is 1. The summed E-state index contributed by atoms with van der Waals surface area (Å²) in [5.74, 6) is 0.433. The van der Waals surface area contributed by atoms with Crippen LogP contribution >= 0.6 is 11.8 Å². The molecule has 0 aliphatic carbocycles. The molecule has 1 aromatic rings. The first-order valence-electron chi connectivity index (χ1n) is 11.1. The Hall–Kier alpha value is -2.98. The average molecular weight is 488 g/mol. The van der Waals surface area contributed by atoms with Crippen molar-refractivity contribution in [2.45, 2.75) is 38.3 Å². The van der Waals surface area contributed by atoms with Crippen molar-refractivity contribution in [2.75, 3.05) is 34.5 Å². The number of carbonyl (C=O) groups is 2. The van der Waals surface area contributed by atoms with Crippen LogP contribution < -0.4 is 14.8 Å². The van der Waals surface area contributed by atoms with E-state index in [1.54, 1.807) is 27.2 Å². The van der Waals surface area contributed by atoms with Gasteiger partial charge in [0.05, 0.1) is 51.2 Å². The van der Waals surface area contributed by atoms with E-state index in [1.807, 2.05) is 22.4 Å². The molecule has 0 unspecified atom stereocenters. The maximum atomic E-state index is 12.9. The van der Waals surface area contributed by atoms with Crippen molar-refractivity contribution < 1.29 is 28.5 Å². The summed E-state index contributed by atoms with van der Waals surface area (Å²) in [7, 11) is 4.46. The van der Waals surface area contributed by atoms with Crippen LogP contribution in [-0.2, 0) is 19.1 Å². The first-order valence-corrected chi connectivity index (χ1v) is 12.0. The van der Waals surface area contributed by atoms with Gasteiger partial charge in [0.1, 0.15) is 0 Å². The molecule has 2 atom stereocenters. The van der Waals surface area contributed by atoms with Gasteiger partial charge in [0.25, 0.3) is 0 Å². The van der Waals surface area contributed by atoms with Crippen molar-refractivity contribution in [2.24, 2.45) is 4.99 Å². The van der Waals surface area contributed by atoms with E-state index < -0.39 is 12.0 Å². The molecule has 0 saturated carbocycles. The van der Waals surface area contributed by atoms with Crippen molar-refractivity contribution in [3.05, 3.63) is 46.1 Å². The van der Waals surface area contributed by atoms with Gasteiger partial charge >= 0.3 is 5.97 Å². The van der Waals surface area contributed by atoms with E-state index in [0.29, 0.717) is 40.0 Å². The summed E-state index contributed by atoms with van der Waals surface area (Å²) < 4.78 is 21.9. The number of amidine groups is 1. The second kappa shape index (κ2) is 10.5. The lowest BCUT2D eigenvalue weighted by molar-refractivity contribution is -0.136. The average Bonchev–Trinajstić information content (AvgIpc) is 3.51. The highest BCUT2D eigenvalue weighted by Crippen LogP contribution is 2.48. The third kappa shape index (κ3) is 4.65. The number of fused-ring (bicyclic) bond motifs is 1. The fourth-order valence-electron chi connectivity index (χ4n) is 4.42. The van der Waals surface area contributed by atoms with Crippen molar-refractivity contribution in [1.82, 2.24) is 10.2 Å². The lowest BCUT2D eigenvalue weighted by Crippen LogP contribution is -2.38. The fourth-order valence-corrected chi connectivity index (χ4v) is 5.39. The third-order valence-corrected chi connectivity index (χ3v) is 6.92. The molecule has 1 fully saturated rings. The van der Waals surface area contributed by atoms with Crippen LogP contribution in [0.25, 0.3) is 0 Å². The van der Waals surface area contributed by atoms with Gasteiger partial charge < -0.3 is 29.2 Å². The van der Waals surface area contributed by atoms with Crippen LogP contribution in [0.3, 0.4) is 0 Å². The first kappa shape index (κ1) is 24.2. The van der Waals surface area contributed by atoms with Crippen LogP contribution in [0.1, 0.15) is 37.8 Å². The quantitative estimate of drug-likeness (QED) is 0.559. The second-order valence-corrected chi connectivity index (χ2v) is 8.92. The van der Waals surface area contributed by atoms with Crippen LogP contribution in [0.5, 0.6) is 11.5 Å². The summed E-state index contributed by atoms with van der Waals surface area (Å²) in [6.07, 6.45) is 2.16. The molecule has 10 heteroatoms. The number of rotatable bonds is 8. The molecule has 34 heavy (non-hydrogen) atoms. The Kier molecular flexibility index (Phi) is 7.47. The summed E-state index contributed by atoms with van der Waals surface area (Å²) in [4.78, 5) is 32.3. The molecule has 0 radical (unpaired) electrons. The number of carbonyl (C=O) groups excluding carboxylic acids is 2. The molecule has 1 N–H and O–H groups in total. The zero-order valence-corrected chi connectivity index (χ0v) is 20.6. The largest absolute Gasteiger partial charge is 0.493 e. The highest BCUT2D eigenvalue weighted by atomic mass is 32.2. The minimum absolute atomic E-state index is 0.0632. The van der Waals surface area contributed by atoms with E-state index in [9.17, 15) is 9.59 Å². The molecule has 182 valence electrons. The zero-order chi connectivity index (χ0) is 24.2. The van der Waals surface area contributed by atoms with Crippen LogP contribution in [0, 0.1) is 0 Å². The van der Waals surface area contributed by atoms with E-state index in [-0.39, 0.29) is 18.4 Å². The van der Waals surface area contributed by atoms with Gasteiger partial charge in [-0.3, -0.25) is 4.79 Å². The molecule has 4 rings (SSSR count). The van der Waals surface area contributed by atoms with Crippen LogP contribution in [0.4, 0.5) is 0 Å². The topological polar surface area (TPSA) is 98.7 Å². The van der Waals surface area contributed by atoms with Gasteiger partial charge in [-0.2, -0.15) is 0 Å². The van der Waals surface area contributed by atoms with Gasteiger partial charge in [0.2, 0.25) is 5.91 Å². The van der Waals surface area contributed by atoms with Crippen molar-refractivity contribution in [3.8, 4) is 11.5 Å². The van der Waals surface area contributed by atoms with E-state index in [0.717, 1.165) is 25.1 Å². The first-order chi connectivity index (χ1) is 16.5. The summed E-state index contributed by atoms with van der Waals surface area (Å²) in [6.45, 7) is 3.00. The number of hydrogen-bond acceptors (Lipinski definition) is 9. The molecule has 1 amide bonds. The summed E-state index contributed by atoms with van der Waals surface area (Å²) in [5.41, 5.74) is 2.38. The maximum absolute atomic E-state index is 12.9. The number of hydrogen-bond donors (Lipinski definition) is 1. The Morgan fingerprint density at radius 2 is 2.09 bits per heavy atom. The summed E-state index contributed by atoms with van der Waals surface area (Å²) in [5, 5.41) is 5.55. The Balaban J connectivity index is 1.68. The number of thioether (sulfide) groups is 1. The van der Waals surface area contributed by atoms with Crippen molar-refractivity contribution in [3.63, 3.8) is 0 Å². The number of aliphatic imine (C=N–C) groups is 1. The summed E-state index contributed by atoms with van der Waals surface area (Å²) >= 11 is 1.42. The SMILES string of the molecule is COC(=O)C1=C(C)N=C2SC=C(CC(=O)NC[C@H]3CCCO3)N2[C@@H]1c1cccc(OC)c1OC. The standard InChI is InChI=1S/C24H29N3O6S/c1-14-20(23(29)32-4)21(17-8-5-9-18(30-2)22(17)31-3)27-15(13-34-24(27)26-14)11-19(28)25-12-16-7-6-10-33-16/h5,8-9,13,16,21H,6-7,10-12H2,1-4H3,(H,25,28)/t16-,21-/m1/s1. The van der Waals surface area contributed by atoms with Crippen molar-refractivity contribution in [1.29, 1.82) is 0 Å². The van der Waals surface area contributed by atoms with Gasteiger partial charge in [-0.1, -0.05) is 23.9 Å². The molecular weight excluding hydrogens is 458 g/mol. The normalized spacial score (nSPS) is 21.6. The summed E-state index contributed by atoms with van der Waals surface area (Å²) in [6, 6.07) is 4.91. The number of amides is 1. The predicted octanol–water partition coefficient (Wildman–Crippen LogP) is 3.14. The van der Waals surface area contributed by atoms with Crippen LogP contribution in [0.15, 0.2) is 45.6 Å². The van der Waals surface area contributed by atoms with E-state index in [4.69, 9.17) is 18.9 Å². The lowest BCUT2D eigenvalue weighted by Gasteiger charge is -2.36. The Labute approximate surface area is 203 Å². The molecule has 3 heterocycles. The third-order valence-electron chi connectivity index (χ3n) is 6.03. The fraction of sp³-hybridized carbons (Fsp3) is 0.458. The molecule has 9 nitrogen and oxygen atoms in total. The zero-order valence-electron chi connectivity index (χ0n) is 19.8. The Morgan fingerprint density at radius 1 is 1.26 bits per heavy atom. The molecule has 3 aliphatic rings. The number of esters is 1. The van der Waals surface area contributed by atoms with Gasteiger partial charge in [-0.15, -0.1) is 0 Å². The van der Waals surface area contributed by atoms with E-state index in [1.165, 1.54) is 18.9 Å². The lowest BCUT2D eigenvalue weighted by atomic mass is 9.92. The highest BCUT2D eigenvalue weighted by Gasteiger charge is 2.42. The van der Waals surface area contributed by atoms with E-state index >= 15 is 0 Å². The molecular formula is C24H29N3O6S. The minimum Gasteiger partial charge on any atom is -0.493 e. The van der Waals surface area contributed by atoms with Crippen molar-refractivity contribution >= 4 is 28.8 Å². The predicted molar refractivity (Wildman–Crippen MR) is 129 cm³/mol. The number of benzene rings is 1. The molecule has 3 aliphatic heterocycles. The van der Waals surface area contributed by atoms with Gasteiger partial charge in [-0.05, 0) is 31.2 Å². The number of methoxy groups -OCH3 is 3. The van der Waals surface area contributed by atoms with Crippen LogP contribution in [-0.4, -0.2) is 62.5 Å². The number of nitrogens with zero attached hydrogens (tertiary/aromatic N) is 2. The molecule has 1 aromatic carbocycles. The number of para-hydroxylation sites is 1. The molecule has 0 bridgehead atoms. The molecule has 0 aromatic heterocycles. The maximum Gasteiger partial charge on any atom is 0.338 e. The van der Waals surface area contributed by atoms with Crippen LogP contribution in [0.2, 0.25) is 0 Å². The number of nitrogens with one attached hydrogen (secondary N) is 1. The molecule has 1 saturated heterocycles. The minimum atomic E-state index is -0.600. The Morgan fingerprint density at radius 3 is 2.76 bits per heavy atom. The molecule has 0 spiro atoms. The monoisotopic (exact) mass is 487 g/mol.